The van der Waals surface area contributed by atoms with E-state index in [0.717, 1.165) is 12.1 Å². The second-order valence-corrected chi connectivity index (χ2v) is 8.35. The number of carbonyl (C=O) groups excluding carboxylic acids is 1. The summed E-state index contributed by atoms with van der Waals surface area (Å²) in [6, 6.07) is 5.74. The number of rotatable bonds is 9. The lowest BCUT2D eigenvalue weighted by molar-refractivity contribution is -0.118. The maximum absolute atomic E-state index is 14.3. The van der Waals surface area contributed by atoms with Gasteiger partial charge >= 0.3 is 0 Å². The van der Waals surface area contributed by atoms with Gasteiger partial charge in [-0.2, -0.15) is 13.1 Å². The molecule has 2 aromatic rings. The summed E-state index contributed by atoms with van der Waals surface area (Å²) in [5.74, 6) is -3.94. The summed E-state index contributed by atoms with van der Waals surface area (Å²) in [5.41, 5.74) is 3.88. The third-order valence-electron chi connectivity index (χ3n) is 3.42. The smallest absolute Gasteiger partial charge is 0.299 e. The molecule has 2 aromatic carbocycles. The molecule has 0 heterocycles. The molecule has 0 unspecified atom stereocenters. The zero-order chi connectivity index (χ0) is 20.9. The summed E-state index contributed by atoms with van der Waals surface area (Å²) in [4.78, 5) is 10.7. The van der Waals surface area contributed by atoms with E-state index in [1.165, 1.54) is 18.2 Å². The lowest BCUT2D eigenvalue weighted by atomic mass is 10.2. The highest BCUT2D eigenvalue weighted by Crippen LogP contribution is 2.32. The molecule has 2 rings (SSSR count). The Morgan fingerprint density at radius 1 is 1.07 bits per heavy atom. The molecule has 0 spiro atoms. The molecular formula is C16H16F3IN4O3S. The molecule has 0 aliphatic heterocycles. The summed E-state index contributed by atoms with van der Waals surface area (Å²) in [6.07, 6.45) is 0.138. The third-order valence-corrected chi connectivity index (χ3v) is 5.17. The quantitative estimate of drug-likeness (QED) is 0.296. The molecule has 0 radical (unpaired) electrons. The Labute approximate surface area is 173 Å². The minimum atomic E-state index is -4.17. The van der Waals surface area contributed by atoms with Crippen molar-refractivity contribution in [2.45, 2.75) is 12.8 Å². The number of anilines is 3. The fraction of sp³-hybridized carbons (Fsp3) is 0.188. The van der Waals surface area contributed by atoms with Crippen LogP contribution in [0, 0.1) is 21.0 Å². The molecule has 0 aliphatic carbocycles. The van der Waals surface area contributed by atoms with Crippen LogP contribution in [0.1, 0.15) is 12.8 Å². The molecule has 5 N–H and O–H groups in total. The van der Waals surface area contributed by atoms with Crippen molar-refractivity contribution in [3.8, 4) is 0 Å². The monoisotopic (exact) mass is 528 g/mol. The molecule has 0 saturated carbocycles. The second kappa shape index (κ2) is 9.43. The van der Waals surface area contributed by atoms with Crippen molar-refractivity contribution in [1.82, 2.24) is 4.72 Å². The van der Waals surface area contributed by atoms with Gasteiger partial charge in [0, 0.05) is 16.5 Å². The highest BCUT2D eigenvalue weighted by Gasteiger charge is 2.19. The van der Waals surface area contributed by atoms with Gasteiger partial charge in [0.05, 0.1) is 11.4 Å². The number of hydrogen-bond donors (Lipinski definition) is 4. The zero-order valence-electron chi connectivity index (χ0n) is 14.2. The number of benzene rings is 2. The molecule has 0 atom stereocenters. The molecule has 0 bridgehead atoms. The molecule has 0 fully saturated rings. The van der Waals surface area contributed by atoms with Crippen molar-refractivity contribution in [2.24, 2.45) is 5.73 Å². The highest BCUT2D eigenvalue weighted by atomic mass is 127. The van der Waals surface area contributed by atoms with Crippen molar-refractivity contribution in [3.63, 3.8) is 0 Å². The van der Waals surface area contributed by atoms with E-state index < -0.39 is 39.3 Å². The van der Waals surface area contributed by atoms with E-state index in [0.29, 0.717) is 3.57 Å². The minimum Gasteiger partial charge on any atom is -0.370 e. The van der Waals surface area contributed by atoms with Gasteiger partial charge in [-0.3, -0.25) is 9.52 Å². The summed E-state index contributed by atoms with van der Waals surface area (Å²) in [5, 5.41) is 2.37. The van der Waals surface area contributed by atoms with Gasteiger partial charge in [0.25, 0.3) is 10.2 Å². The highest BCUT2D eigenvalue weighted by molar-refractivity contribution is 14.1. The number of nitrogens with one attached hydrogen (secondary N) is 3. The first kappa shape index (κ1) is 22.2. The van der Waals surface area contributed by atoms with E-state index in [9.17, 15) is 26.4 Å². The Balaban J connectivity index is 2.25. The summed E-state index contributed by atoms with van der Waals surface area (Å²) in [7, 11) is -4.17. The normalized spacial score (nSPS) is 11.3. The van der Waals surface area contributed by atoms with Gasteiger partial charge in [-0.1, -0.05) is 0 Å². The number of nitrogens with two attached hydrogens (primary N) is 1. The van der Waals surface area contributed by atoms with Crippen molar-refractivity contribution in [3.05, 3.63) is 51.4 Å². The first-order chi connectivity index (χ1) is 13.1. The fourth-order valence-corrected chi connectivity index (χ4v) is 3.53. The average Bonchev–Trinajstić information content (AvgIpc) is 2.60. The summed E-state index contributed by atoms with van der Waals surface area (Å²) in [6.45, 7) is -0.101. The molecule has 1 amide bonds. The number of carbonyl (C=O) groups is 1. The van der Waals surface area contributed by atoms with Crippen molar-refractivity contribution < 1.29 is 26.4 Å². The van der Waals surface area contributed by atoms with Crippen molar-refractivity contribution >= 4 is 55.8 Å². The van der Waals surface area contributed by atoms with E-state index in [1.54, 1.807) is 0 Å². The number of primary amides is 1. The predicted molar refractivity (Wildman–Crippen MR) is 108 cm³/mol. The van der Waals surface area contributed by atoms with Gasteiger partial charge in [0.2, 0.25) is 5.91 Å². The molecule has 12 heteroatoms. The molecule has 7 nitrogen and oxygen atoms in total. The lowest BCUT2D eigenvalue weighted by Gasteiger charge is -2.16. The van der Waals surface area contributed by atoms with Crippen LogP contribution in [-0.2, 0) is 15.0 Å². The first-order valence-corrected chi connectivity index (χ1v) is 10.4. The Morgan fingerprint density at radius 2 is 1.75 bits per heavy atom. The van der Waals surface area contributed by atoms with Crippen LogP contribution in [-0.4, -0.2) is 20.9 Å². The lowest BCUT2D eigenvalue weighted by Crippen LogP contribution is -2.31. The molecule has 152 valence electrons. The Morgan fingerprint density at radius 3 is 2.39 bits per heavy atom. The van der Waals surface area contributed by atoms with Crippen molar-refractivity contribution in [2.75, 3.05) is 16.6 Å². The van der Waals surface area contributed by atoms with Crippen LogP contribution in [0.25, 0.3) is 0 Å². The van der Waals surface area contributed by atoms with Crippen molar-refractivity contribution in [1.29, 1.82) is 0 Å². The maximum Gasteiger partial charge on any atom is 0.299 e. The molecule has 0 aliphatic rings. The number of halogens is 4. The SMILES string of the molecule is NC(=O)CCCNS(=O)(=O)Nc1ccc(F)c(F)c1Nc1ccc(I)cc1F. The Bertz CT molecular complexity index is 989. The van der Waals surface area contributed by atoms with Gasteiger partial charge in [0.15, 0.2) is 11.6 Å². The van der Waals surface area contributed by atoms with Crippen LogP contribution in [0.15, 0.2) is 30.3 Å². The van der Waals surface area contributed by atoms with Crippen LogP contribution in [0.3, 0.4) is 0 Å². The van der Waals surface area contributed by atoms with Gasteiger partial charge in [-0.15, -0.1) is 0 Å². The first-order valence-electron chi connectivity index (χ1n) is 7.85. The Kier molecular flexibility index (Phi) is 7.48. The van der Waals surface area contributed by atoms with Crippen LogP contribution in [0.4, 0.5) is 30.2 Å². The van der Waals surface area contributed by atoms with Crippen LogP contribution in [0.5, 0.6) is 0 Å². The second-order valence-electron chi connectivity index (χ2n) is 5.60. The molecule has 0 aromatic heterocycles. The van der Waals surface area contributed by atoms with E-state index in [-0.39, 0.29) is 30.8 Å². The summed E-state index contributed by atoms with van der Waals surface area (Å²) >= 11 is 1.88. The number of amides is 1. The van der Waals surface area contributed by atoms with Gasteiger partial charge in [-0.05, 0) is 59.3 Å². The minimum absolute atomic E-state index is 0.0212. The topological polar surface area (TPSA) is 113 Å². The maximum atomic E-state index is 14.3. The van der Waals surface area contributed by atoms with E-state index >= 15 is 0 Å². The molecular weight excluding hydrogens is 512 g/mol. The van der Waals surface area contributed by atoms with Crippen LogP contribution in [0.2, 0.25) is 0 Å². The van der Waals surface area contributed by atoms with Gasteiger partial charge in [0.1, 0.15) is 11.5 Å². The Hall–Kier alpha value is -2.06. The van der Waals surface area contributed by atoms with E-state index in [2.05, 4.69) is 10.0 Å². The molecule has 28 heavy (non-hydrogen) atoms. The van der Waals surface area contributed by atoms with Gasteiger partial charge in [-0.25, -0.2) is 13.2 Å². The largest absolute Gasteiger partial charge is 0.370 e. The predicted octanol–water partition coefficient (Wildman–Crippen LogP) is 2.96. The van der Waals surface area contributed by atoms with Crippen LogP contribution < -0.4 is 20.5 Å². The fourth-order valence-electron chi connectivity index (χ4n) is 2.13. The number of hydrogen-bond acceptors (Lipinski definition) is 4. The van der Waals surface area contributed by atoms with Crippen LogP contribution >= 0.6 is 22.6 Å². The average molecular weight is 528 g/mol. The zero-order valence-corrected chi connectivity index (χ0v) is 17.2. The van der Waals surface area contributed by atoms with E-state index in [1.807, 2.05) is 27.3 Å². The van der Waals surface area contributed by atoms with Gasteiger partial charge < -0.3 is 11.1 Å². The standard InChI is InChI=1S/C16H16F3IN4O3S/c17-10-4-6-13(24-28(26,27)22-7-1-2-14(21)25)16(15(10)19)23-12-5-3-9(20)8-11(12)18/h3-6,8,22-24H,1-2,7H2,(H2,21,25). The summed E-state index contributed by atoms with van der Waals surface area (Å²) < 4.78 is 70.9. The third kappa shape index (κ3) is 6.24. The molecule has 0 saturated heterocycles. The van der Waals surface area contributed by atoms with E-state index in [4.69, 9.17) is 5.73 Å².